The predicted octanol–water partition coefficient (Wildman–Crippen LogP) is 4.55. The average Bonchev–Trinajstić information content (AvgIpc) is 2.77. The highest BCUT2D eigenvalue weighted by Crippen LogP contribution is 2.27. The smallest absolute Gasteiger partial charge is 0.159 e. The second-order valence-electron chi connectivity index (χ2n) is 3.48. The number of benzene rings is 1. The first-order valence-electron chi connectivity index (χ1n) is 4.77. The van der Waals surface area contributed by atoms with Gasteiger partial charge in [0.05, 0.1) is 5.38 Å². The Kier molecular flexibility index (Phi) is 3.56. The molecule has 0 fully saturated rings. The van der Waals surface area contributed by atoms with Crippen molar-refractivity contribution in [2.75, 3.05) is 0 Å². The van der Waals surface area contributed by atoms with Gasteiger partial charge in [0.1, 0.15) is 0 Å². The van der Waals surface area contributed by atoms with Crippen molar-refractivity contribution in [1.29, 1.82) is 0 Å². The third-order valence-corrected chi connectivity index (χ3v) is 3.41. The second kappa shape index (κ2) is 4.93. The highest BCUT2D eigenvalue weighted by molar-refractivity contribution is 7.08. The van der Waals surface area contributed by atoms with Crippen LogP contribution in [-0.2, 0) is 6.42 Å². The molecule has 0 aliphatic rings. The summed E-state index contributed by atoms with van der Waals surface area (Å²) >= 11 is 7.73. The largest absolute Gasteiger partial charge is 0.204 e. The van der Waals surface area contributed by atoms with Crippen LogP contribution in [0.25, 0.3) is 0 Å². The van der Waals surface area contributed by atoms with E-state index in [1.54, 1.807) is 17.4 Å². The maximum Gasteiger partial charge on any atom is 0.159 e. The van der Waals surface area contributed by atoms with Crippen LogP contribution in [0.1, 0.15) is 16.5 Å². The number of hydrogen-bond donors (Lipinski definition) is 0. The third-order valence-electron chi connectivity index (χ3n) is 2.30. The van der Waals surface area contributed by atoms with E-state index in [-0.39, 0.29) is 5.38 Å². The molecule has 2 rings (SSSR count). The summed E-state index contributed by atoms with van der Waals surface area (Å²) in [6, 6.07) is 5.81. The fourth-order valence-corrected chi connectivity index (χ4v) is 2.55. The summed E-state index contributed by atoms with van der Waals surface area (Å²) in [5.41, 5.74) is 1.71. The van der Waals surface area contributed by atoms with E-state index in [2.05, 4.69) is 0 Å². The average molecular weight is 259 g/mol. The van der Waals surface area contributed by atoms with Gasteiger partial charge in [-0.1, -0.05) is 6.07 Å². The van der Waals surface area contributed by atoms with Crippen molar-refractivity contribution in [3.05, 3.63) is 57.8 Å². The predicted molar refractivity (Wildman–Crippen MR) is 63.0 cm³/mol. The Morgan fingerprint density at radius 1 is 1.19 bits per heavy atom. The molecule has 1 unspecified atom stereocenters. The minimum atomic E-state index is -0.828. The lowest BCUT2D eigenvalue weighted by Gasteiger charge is -2.07. The molecule has 0 radical (unpaired) electrons. The molecule has 0 aliphatic carbocycles. The summed E-state index contributed by atoms with van der Waals surface area (Å²) in [6.07, 6.45) is 0.496. The van der Waals surface area contributed by atoms with Crippen molar-refractivity contribution >= 4 is 22.9 Å². The molecule has 84 valence electrons. The van der Waals surface area contributed by atoms with Crippen LogP contribution in [0, 0.1) is 11.6 Å². The van der Waals surface area contributed by atoms with E-state index >= 15 is 0 Å². The van der Waals surface area contributed by atoms with Gasteiger partial charge in [0.15, 0.2) is 11.6 Å². The lowest BCUT2D eigenvalue weighted by molar-refractivity contribution is 0.507. The van der Waals surface area contributed by atoms with Gasteiger partial charge in [-0.15, -0.1) is 11.6 Å². The molecule has 0 saturated carbocycles. The summed E-state index contributed by atoms with van der Waals surface area (Å²) in [5.74, 6) is -1.66. The monoisotopic (exact) mass is 258 g/mol. The fourth-order valence-electron chi connectivity index (χ4n) is 1.44. The molecule has 0 amide bonds. The van der Waals surface area contributed by atoms with Crippen LogP contribution in [-0.4, -0.2) is 0 Å². The van der Waals surface area contributed by atoms with E-state index in [1.807, 2.05) is 16.8 Å². The van der Waals surface area contributed by atoms with Crippen LogP contribution < -0.4 is 0 Å². The van der Waals surface area contributed by atoms with Gasteiger partial charge in [-0.3, -0.25) is 0 Å². The number of rotatable bonds is 3. The zero-order chi connectivity index (χ0) is 11.5. The van der Waals surface area contributed by atoms with Gasteiger partial charge in [0.25, 0.3) is 0 Å². The van der Waals surface area contributed by atoms with Crippen molar-refractivity contribution in [2.24, 2.45) is 0 Å². The Morgan fingerprint density at radius 2 is 2.00 bits per heavy atom. The van der Waals surface area contributed by atoms with E-state index < -0.39 is 11.6 Å². The Balaban J connectivity index is 2.12. The molecule has 0 spiro atoms. The van der Waals surface area contributed by atoms with Crippen molar-refractivity contribution in [3.8, 4) is 0 Å². The molecule has 4 heteroatoms. The number of alkyl halides is 1. The minimum Gasteiger partial charge on any atom is -0.204 e. The molecule has 0 aliphatic heterocycles. The van der Waals surface area contributed by atoms with Crippen molar-refractivity contribution in [1.82, 2.24) is 0 Å². The Hall–Kier alpha value is -0.930. The number of hydrogen-bond acceptors (Lipinski definition) is 1. The van der Waals surface area contributed by atoms with E-state index in [0.29, 0.717) is 12.0 Å². The molecule has 0 bridgehead atoms. The van der Waals surface area contributed by atoms with Crippen molar-refractivity contribution < 1.29 is 8.78 Å². The van der Waals surface area contributed by atoms with Crippen molar-refractivity contribution in [2.45, 2.75) is 11.8 Å². The molecular weight excluding hydrogens is 250 g/mol. The first kappa shape index (κ1) is 11.6. The van der Waals surface area contributed by atoms with Crippen LogP contribution >= 0.6 is 22.9 Å². The summed E-state index contributed by atoms with van der Waals surface area (Å²) in [4.78, 5) is 0. The summed E-state index contributed by atoms with van der Waals surface area (Å²) < 4.78 is 25.7. The maximum absolute atomic E-state index is 13.0. The van der Waals surface area contributed by atoms with Crippen LogP contribution in [0.3, 0.4) is 0 Å². The summed E-state index contributed by atoms with van der Waals surface area (Å²) in [7, 11) is 0. The third kappa shape index (κ3) is 2.60. The number of halogens is 3. The zero-order valence-corrected chi connectivity index (χ0v) is 9.86. The molecule has 1 heterocycles. The molecule has 1 atom stereocenters. The Labute approximate surface area is 101 Å². The van der Waals surface area contributed by atoms with Gasteiger partial charge in [0.2, 0.25) is 0 Å². The van der Waals surface area contributed by atoms with E-state index in [9.17, 15) is 8.78 Å². The molecule has 1 aromatic heterocycles. The summed E-state index contributed by atoms with van der Waals surface area (Å²) in [6.45, 7) is 0. The first-order chi connectivity index (χ1) is 7.66. The standard InChI is InChI=1S/C12H9ClF2S/c13-10(9-3-4-16-7-9)5-8-1-2-11(14)12(15)6-8/h1-4,6-7,10H,5H2. The Bertz CT molecular complexity index is 468. The van der Waals surface area contributed by atoms with E-state index in [1.165, 1.54) is 6.07 Å². The first-order valence-corrected chi connectivity index (χ1v) is 6.15. The molecule has 0 N–H and O–H groups in total. The molecule has 1 aromatic carbocycles. The Morgan fingerprint density at radius 3 is 2.62 bits per heavy atom. The highest BCUT2D eigenvalue weighted by atomic mass is 35.5. The van der Waals surface area contributed by atoms with Crippen LogP contribution in [0.15, 0.2) is 35.0 Å². The molecule has 2 aromatic rings. The van der Waals surface area contributed by atoms with Gasteiger partial charge >= 0.3 is 0 Å². The highest BCUT2D eigenvalue weighted by Gasteiger charge is 2.11. The molecule has 0 nitrogen and oxygen atoms in total. The van der Waals surface area contributed by atoms with Crippen LogP contribution in [0.2, 0.25) is 0 Å². The molecular formula is C12H9ClF2S. The second-order valence-corrected chi connectivity index (χ2v) is 4.78. The molecule has 0 saturated heterocycles. The molecule has 16 heavy (non-hydrogen) atoms. The normalized spacial score (nSPS) is 12.7. The SMILES string of the molecule is Fc1ccc(CC(Cl)c2ccsc2)cc1F. The lowest BCUT2D eigenvalue weighted by Crippen LogP contribution is -1.96. The number of thiophene rings is 1. The van der Waals surface area contributed by atoms with Crippen molar-refractivity contribution in [3.63, 3.8) is 0 Å². The van der Waals surface area contributed by atoms with Gasteiger partial charge in [-0.25, -0.2) is 8.78 Å². The summed E-state index contributed by atoms with van der Waals surface area (Å²) in [5, 5.41) is 3.70. The van der Waals surface area contributed by atoms with Gasteiger partial charge in [-0.2, -0.15) is 11.3 Å². The topological polar surface area (TPSA) is 0 Å². The van der Waals surface area contributed by atoms with Gasteiger partial charge in [0, 0.05) is 0 Å². The van der Waals surface area contributed by atoms with Crippen LogP contribution in [0.5, 0.6) is 0 Å². The van der Waals surface area contributed by atoms with Gasteiger partial charge in [-0.05, 0) is 46.5 Å². The fraction of sp³-hybridized carbons (Fsp3) is 0.167. The maximum atomic E-state index is 13.0. The van der Waals surface area contributed by atoms with E-state index in [0.717, 1.165) is 11.6 Å². The van der Waals surface area contributed by atoms with Crippen LogP contribution in [0.4, 0.5) is 8.78 Å². The zero-order valence-electron chi connectivity index (χ0n) is 8.29. The van der Waals surface area contributed by atoms with E-state index in [4.69, 9.17) is 11.6 Å². The lowest BCUT2D eigenvalue weighted by atomic mass is 10.1. The quantitative estimate of drug-likeness (QED) is 0.709. The minimum absolute atomic E-state index is 0.198. The van der Waals surface area contributed by atoms with Gasteiger partial charge < -0.3 is 0 Å².